The van der Waals surface area contributed by atoms with Crippen LogP contribution in [0.1, 0.15) is 27.2 Å². The molecule has 0 aliphatic rings. The van der Waals surface area contributed by atoms with Crippen LogP contribution in [0.5, 0.6) is 5.75 Å². The lowest BCUT2D eigenvalue weighted by molar-refractivity contribution is -0.138. The average Bonchev–Trinajstić information content (AvgIpc) is 2.34. The Morgan fingerprint density at radius 1 is 1.38 bits per heavy atom. The van der Waals surface area contributed by atoms with Crippen molar-refractivity contribution in [1.82, 2.24) is 5.32 Å². The number of benzene rings is 1. The summed E-state index contributed by atoms with van der Waals surface area (Å²) in [6, 6.07) is 6.25. The van der Waals surface area contributed by atoms with Gasteiger partial charge < -0.3 is 15.2 Å². The smallest absolute Gasteiger partial charge is 0.305 e. The van der Waals surface area contributed by atoms with Crippen molar-refractivity contribution in [2.24, 2.45) is 5.41 Å². The van der Waals surface area contributed by atoms with Gasteiger partial charge in [-0.05, 0) is 23.6 Å². The molecule has 0 aliphatic carbocycles. The van der Waals surface area contributed by atoms with Gasteiger partial charge in [-0.2, -0.15) is 0 Å². The van der Waals surface area contributed by atoms with Gasteiger partial charge in [-0.15, -0.1) is 0 Å². The molecule has 0 aromatic heterocycles. The van der Waals surface area contributed by atoms with E-state index in [0.717, 1.165) is 0 Å². The van der Waals surface area contributed by atoms with Gasteiger partial charge in [-0.3, -0.25) is 9.59 Å². The molecule has 1 aromatic rings. The van der Waals surface area contributed by atoms with Crippen molar-refractivity contribution in [2.45, 2.75) is 33.2 Å². The molecule has 6 heteroatoms. The van der Waals surface area contributed by atoms with Crippen LogP contribution < -0.4 is 10.1 Å². The van der Waals surface area contributed by atoms with Gasteiger partial charge in [0.15, 0.2) is 6.61 Å². The minimum Gasteiger partial charge on any atom is -0.484 e. The highest BCUT2D eigenvalue weighted by molar-refractivity contribution is 6.30. The zero-order chi connectivity index (χ0) is 16.0. The minimum atomic E-state index is -0.953. The third-order valence-corrected chi connectivity index (χ3v) is 3.16. The normalized spacial score (nSPS) is 12.6. The molecule has 0 saturated carbocycles. The molecule has 1 rings (SSSR count). The van der Waals surface area contributed by atoms with Crippen LogP contribution in [0.4, 0.5) is 0 Å². The molecule has 0 spiro atoms. The van der Waals surface area contributed by atoms with E-state index in [1.165, 1.54) is 0 Å². The summed E-state index contributed by atoms with van der Waals surface area (Å²) in [5.41, 5.74) is -0.357. The maximum absolute atomic E-state index is 11.9. The molecular formula is C15H20ClNO4. The fraction of sp³-hybridized carbons (Fsp3) is 0.467. The van der Waals surface area contributed by atoms with E-state index in [4.69, 9.17) is 21.4 Å². The quantitative estimate of drug-likeness (QED) is 0.846. The number of halogens is 1. The lowest BCUT2D eigenvalue weighted by Crippen LogP contribution is -2.46. The first-order valence-corrected chi connectivity index (χ1v) is 6.96. The predicted molar refractivity (Wildman–Crippen MR) is 80.6 cm³/mol. The summed E-state index contributed by atoms with van der Waals surface area (Å²) in [5, 5.41) is 12.1. The average molecular weight is 314 g/mol. The molecule has 0 fully saturated rings. The van der Waals surface area contributed by atoms with Crippen molar-refractivity contribution in [3.8, 4) is 5.75 Å². The molecule has 0 bridgehead atoms. The fourth-order valence-corrected chi connectivity index (χ4v) is 1.87. The number of aliphatic carboxylic acids is 1. The third kappa shape index (κ3) is 6.49. The van der Waals surface area contributed by atoms with Crippen LogP contribution in [0.15, 0.2) is 24.3 Å². The summed E-state index contributed by atoms with van der Waals surface area (Å²) in [5.74, 6) is -0.828. The van der Waals surface area contributed by atoms with Crippen molar-refractivity contribution in [2.75, 3.05) is 6.61 Å². The van der Waals surface area contributed by atoms with Crippen molar-refractivity contribution < 1.29 is 19.4 Å². The summed E-state index contributed by atoms with van der Waals surface area (Å²) in [7, 11) is 0. The standard InChI is InChI=1S/C15H20ClNO4/c1-15(2,3)12(8-14(19)20)17-13(18)9-21-11-6-4-5-10(16)7-11/h4-7,12H,8-9H2,1-3H3,(H,17,18)(H,19,20). The van der Waals surface area contributed by atoms with Crippen LogP contribution in [-0.4, -0.2) is 29.6 Å². The Hall–Kier alpha value is -1.75. The number of amides is 1. The van der Waals surface area contributed by atoms with Gasteiger partial charge in [0.2, 0.25) is 0 Å². The first-order valence-electron chi connectivity index (χ1n) is 6.58. The number of rotatable bonds is 6. The molecule has 5 nitrogen and oxygen atoms in total. The second-order valence-electron chi connectivity index (χ2n) is 5.83. The first kappa shape index (κ1) is 17.3. The van der Waals surface area contributed by atoms with Crippen molar-refractivity contribution >= 4 is 23.5 Å². The van der Waals surface area contributed by atoms with E-state index in [9.17, 15) is 9.59 Å². The van der Waals surface area contributed by atoms with Gasteiger partial charge in [0.25, 0.3) is 5.91 Å². The highest BCUT2D eigenvalue weighted by atomic mass is 35.5. The lowest BCUT2D eigenvalue weighted by atomic mass is 9.85. The Morgan fingerprint density at radius 3 is 2.57 bits per heavy atom. The Balaban J connectivity index is 2.56. The topological polar surface area (TPSA) is 75.6 Å². The van der Waals surface area contributed by atoms with Crippen molar-refractivity contribution in [3.63, 3.8) is 0 Å². The second-order valence-corrected chi connectivity index (χ2v) is 6.27. The van der Waals surface area contributed by atoms with E-state index >= 15 is 0 Å². The Morgan fingerprint density at radius 2 is 2.05 bits per heavy atom. The van der Waals surface area contributed by atoms with E-state index in [-0.39, 0.29) is 24.3 Å². The lowest BCUT2D eigenvalue weighted by Gasteiger charge is -2.30. The van der Waals surface area contributed by atoms with Crippen molar-refractivity contribution in [1.29, 1.82) is 0 Å². The number of carbonyl (C=O) groups is 2. The minimum absolute atomic E-state index is 0.133. The summed E-state index contributed by atoms with van der Waals surface area (Å²) >= 11 is 5.82. The molecule has 0 radical (unpaired) electrons. The van der Waals surface area contributed by atoms with Gasteiger partial charge in [0.05, 0.1) is 6.42 Å². The molecule has 21 heavy (non-hydrogen) atoms. The first-order chi connectivity index (χ1) is 9.68. The molecule has 116 valence electrons. The molecule has 1 aromatic carbocycles. The number of hydrogen-bond donors (Lipinski definition) is 2. The number of carbonyl (C=O) groups excluding carboxylic acids is 1. The number of ether oxygens (including phenoxy) is 1. The molecule has 2 N–H and O–H groups in total. The van der Waals surface area contributed by atoms with E-state index < -0.39 is 12.0 Å². The Bertz CT molecular complexity index is 511. The molecule has 1 unspecified atom stereocenters. The summed E-state index contributed by atoms with van der Waals surface area (Å²) in [6.07, 6.45) is -0.133. The molecular weight excluding hydrogens is 294 g/mol. The Labute approximate surface area is 129 Å². The van der Waals surface area contributed by atoms with Crippen LogP contribution >= 0.6 is 11.6 Å². The zero-order valence-corrected chi connectivity index (χ0v) is 13.1. The predicted octanol–water partition coefficient (Wildman–Crippen LogP) is 2.72. The number of carboxylic acids is 1. The van der Waals surface area contributed by atoms with Crippen LogP contribution in [0.3, 0.4) is 0 Å². The molecule has 0 aliphatic heterocycles. The number of hydrogen-bond acceptors (Lipinski definition) is 3. The largest absolute Gasteiger partial charge is 0.484 e. The summed E-state index contributed by atoms with van der Waals surface area (Å²) in [6.45, 7) is 5.43. The van der Waals surface area contributed by atoms with Gasteiger partial charge in [0, 0.05) is 11.1 Å². The van der Waals surface area contributed by atoms with Gasteiger partial charge in [-0.25, -0.2) is 0 Å². The van der Waals surface area contributed by atoms with Gasteiger partial charge in [-0.1, -0.05) is 38.4 Å². The van der Waals surface area contributed by atoms with Gasteiger partial charge in [0.1, 0.15) is 5.75 Å². The second kappa shape index (κ2) is 7.31. The van der Waals surface area contributed by atoms with Crippen LogP contribution in [-0.2, 0) is 9.59 Å². The van der Waals surface area contributed by atoms with Crippen LogP contribution in [0, 0.1) is 5.41 Å². The highest BCUT2D eigenvalue weighted by Gasteiger charge is 2.28. The zero-order valence-electron chi connectivity index (χ0n) is 12.4. The summed E-state index contributed by atoms with van der Waals surface area (Å²) in [4.78, 5) is 22.7. The highest BCUT2D eigenvalue weighted by Crippen LogP contribution is 2.22. The maximum atomic E-state index is 11.9. The van der Waals surface area contributed by atoms with Crippen LogP contribution in [0.25, 0.3) is 0 Å². The third-order valence-electron chi connectivity index (χ3n) is 2.93. The number of nitrogens with one attached hydrogen (secondary N) is 1. The molecule has 1 amide bonds. The van der Waals surface area contributed by atoms with E-state index in [1.54, 1.807) is 24.3 Å². The molecule has 1 atom stereocenters. The van der Waals surface area contributed by atoms with E-state index in [1.807, 2.05) is 20.8 Å². The molecule has 0 saturated heterocycles. The fourth-order valence-electron chi connectivity index (χ4n) is 1.69. The Kier molecular flexibility index (Phi) is 6.03. The number of carboxylic acid groups (broad SMARTS) is 1. The maximum Gasteiger partial charge on any atom is 0.305 e. The SMILES string of the molecule is CC(C)(C)C(CC(=O)O)NC(=O)COc1cccc(Cl)c1. The summed E-state index contributed by atoms with van der Waals surface area (Å²) < 4.78 is 5.32. The van der Waals surface area contributed by atoms with E-state index in [2.05, 4.69) is 5.32 Å². The monoisotopic (exact) mass is 313 g/mol. The van der Waals surface area contributed by atoms with Crippen LogP contribution in [0.2, 0.25) is 5.02 Å². The van der Waals surface area contributed by atoms with E-state index in [0.29, 0.717) is 10.8 Å². The van der Waals surface area contributed by atoms with Gasteiger partial charge >= 0.3 is 5.97 Å². The van der Waals surface area contributed by atoms with Crippen molar-refractivity contribution in [3.05, 3.63) is 29.3 Å². The molecule has 0 heterocycles.